The third kappa shape index (κ3) is 4.33. The Kier molecular flexibility index (Phi) is 5.76. The monoisotopic (exact) mass is 421 g/mol. The van der Waals surface area contributed by atoms with Gasteiger partial charge in [0.1, 0.15) is 5.70 Å². The van der Waals surface area contributed by atoms with Crippen LogP contribution in [0.1, 0.15) is 32.6 Å². The summed E-state index contributed by atoms with van der Waals surface area (Å²) in [5.74, 6) is -1.60. The van der Waals surface area contributed by atoms with Crippen molar-refractivity contribution < 1.29 is 27.9 Å². The average molecular weight is 421 g/mol. The van der Waals surface area contributed by atoms with Crippen molar-refractivity contribution in [3.05, 3.63) is 36.0 Å². The number of nitrogens with zero attached hydrogens (tertiary/aromatic N) is 1. The summed E-state index contributed by atoms with van der Waals surface area (Å²) in [5, 5.41) is 11.7. The maximum Gasteiger partial charge on any atom is 0.277 e. The fourth-order valence-corrected chi connectivity index (χ4v) is 4.57. The minimum Gasteiger partial charge on any atom is -0.395 e. The molecule has 0 aromatic heterocycles. The number of hydrogen-bond acceptors (Lipinski definition) is 7. The highest BCUT2D eigenvalue weighted by molar-refractivity contribution is 7.90. The van der Waals surface area contributed by atoms with E-state index in [0.717, 1.165) is 23.8 Å². The minimum atomic E-state index is -4.01. The molecule has 3 amide bonds. The topological polar surface area (TPSA) is 133 Å². The van der Waals surface area contributed by atoms with E-state index < -0.39 is 33.2 Å². The van der Waals surface area contributed by atoms with E-state index in [4.69, 9.17) is 5.11 Å². The first-order valence-electron chi connectivity index (χ1n) is 9.29. The summed E-state index contributed by atoms with van der Waals surface area (Å²) < 4.78 is 27.2. The molecule has 3 rings (SSSR count). The fraction of sp³-hybridized carbons (Fsp3) is 0.421. The van der Waals surface area contributed by atoms with Crippen molar-refractivity contribution in [1.82, 2.24) is 9.62 Å². The fourth-order valence-electron chi connectivity index (χ4n) is 3.47. The molecule has 0 atom stereocenters. The smallest absolute Gasteiger partial charge is 0.277 e. The molecule has 29 heavy (non-hydrogen) atoms. The molecule has 0 unspecified atom stereocenters. The van der Waals surface area contributed by atoms with Crippen LogP contribution >= 0.6 is 0 Å². The number of aliphatic hydroxyl groups excluding tert-OH is 1. The third-order valence-electron chi connectivity index (χ3n) is 5.26. The summed E-state index contributed by atoms with van der Waals surface area (Å²) in [6, 6.07) is 5.48. The van der Waals surface area contributed by atoms with Gasteiger partial charge in [-0.05, 0) is 37.1 Å². The number of carbonyl (C=O) groups excluding carboxylic acids is 3. The molecule has 1 aliphatic heterocycles. The summed E-state index contributed by atoms with van der Waals surface area (Å²) in [6.07, 6.45) is 4.23. The Hall–Kier alpha value is -2.72. The van der Waals surface area contributed by atoms with Gasteiger partial charge >= 0.3 is 0 Å². The summed E-state index contributed by atoms with van der Waals surface area (Å²) in [4.78, 5) is 37.1. The average Bonchev–Trinajstić information content (AvgIpc) is 3.22. The van der Waals surface area contributed by atoms with Crippen molar-refractivity contribution in [2.24, 2.45) is 5.41 Å². The van der Waals surface area contributed by atoms with Crippen molar-refractivity contribution >= 4 is 33.4 Å². The Bertz CT molecular complexity index is 962. The van der Waals surface area contributed by atoms with Crippen LogP contribution in [0.15, 0.2) is 40.9 Å². The zero-order valence-electron chi connectivity index (χ0n) is 16.0. The van der Waals surface area contributed by atoms with Crippen molar-refractivity contribution in [3.8, 4) is 0 Å². The van der Waals surface area contributed by atoms with Gasteiger partial charge in [-0.25, -0.2) is 13.1 Å². The lowest BCUT2D eigenvalue weighted by Gasteiger charge is -2.22. The molecule has 1 fully saturated rings. The zero-order chi connectivity index (χ0) is 21.2. The van der Waals surface area contributed by atoms with E-state index in [1.807, 2.05) is 0 Å². The molecule has 9 nitrogen and oxygen atoms in total. The summed E-state index contributed by atoms with van der Waals surface area (Å²) in [7, 11) is -4.01. The number of β-amino-alcohol motifs (C(OH)–C–C–N with tert-alkyl or cyclic N) is 1. The molecule has 0 spiro atoms. The van der Waals surface area contributed by atoms with E-state index in [2.05, 4.69) is 10.0 Å². The van der Waals surface area contributed by atoms with Crippen LogP contribution < -0.4 is 10.0 Å². The molecule has 0 radical (unpaired) electrons. The van der Waals surface area contributed by atoms with E-state index >= 15 is 0 Å². The van der Waals surface area contributed by atoms with Gasteiger partial charge in [0.05, 0.1) is 18.0 Å². The van der Waals surface area contributed by atoms with Gasteiger partial charge in [-0.15, -0.1) is 0 Å². The first kappa shape index (κ1) is 21.0. The lowest BCUT2D eigenvalue weighted by Crippen LogP contribution is -2.40. The Balaban J connectivity index is 1.68. The third-order valence-corrected chi connectivity index (χ3v) is 6.61. The van der Waals surface area contributed by atoms with Crippen LogP contribution in [-0.2, 0) is 24.4 Å². The van der Waals surface area contributed by atoms with E-state index in [1.54, 1.807) is 6.92 Å². The minimum absolute atomic E-state index is 0.0292. The van der Waals surface area contributed by atoms with Crippen LogP contribution in [0.3, 0.4) is 0 Å². The molecular formula is C19H23N3O6S. The van der Waals surface area contributed by atoms with E-state index in [9.17, 15) is 22.8 Å². The number of sulfonamides is 1. The van der Waals surface area contributed by atoms with Crippen molar-refractivity contribution in [2.45, 2.75) is 37.5 Å². The number of benzene rings is 1. The number of rotatable bonds is 7. The Morgan fingerprint density at radius 3 is 2.38 bits per heavy atom. The molecular weight excluding hydrogens is 398 g/mol. The van der Waals surface area contributed by atoms with Crippen molar-refractivity contribution in [1.29, 1.82) is 0 Å². The molecule has 0 bridgehead atoms. The zero-order valence-corrected chi connectivity index (χ0v) is 16.8. The molecule has 2 aliphatic rings. The SMILES string of the molecule is CC1(C(=O)NS(=O)(=O)c2ccc(NC3=CC(=O)N(CCO)C3=O)cc2)CCCC1. The molecule has 1 aromatic carbocycles. The number of carbonyl (C=O) groups is 3. The number of aliphatic hydroxyl groups is 1. The number of amides is 3. The van der Waals surface area contributed by atoms with Crippen LogP contribution in [0.25, 0.3) is 0 Å². The quantitative estimate of drug-likeness (QED) is 0.553. The van der Waals surface area contributed by atoms with E-state index in [0.29, 0.717) is 18.5 Å². The van der Waals surface area contributed by atoms with Crippen molar-refractivity contribution in [3.63, 3.8) is 0 Å². The normalized spacial score (nSPS) is 18.7. The van der Waals surface area contributed by atoms with E-state index in [-0.39, 0.29) is 23.7 Å². The van der Waals surface area contributed by atoms with Crippen LogP contribution in [0.2, 0.25) is 0 Å². The van der Waals surface area contributed by atoms with Crippen molar-refractivity contribution in [2.75, 3.05) is 18.5 Å². The van der Waals surface area contributed by atoms with Gasteiger partial charge in [-0.1, -0.05) is 19.8 Å². The maximum atomic E-state index is 12.5. The highest BCUT2D eigenvalue weighted by Crippen LogP contribution is 2.37. The summed E-state index contributed by atoms with van der Waals surface area (Å²) in [5.41, 5.74) is -0.241. The van der Waals surface area contributed by atoms with Gasteiger partial charge in [0.15, 0.2) is 0 Å². The lowest BCUT2D eigenvalue weighted by molar-refractivity contribution is -0.137. The molecule has 3 N–H and O–H groups in total. The molecule has 156 valence electrons. The first-order valence-corrected chi connectivity index (χ1v) is 10.8. The van der Waals surface area contributed by atoms with Crippen LogP contribution in [-0.4, -0.2) is 49.3 Å². The highest BCUT2D eigenvalue weighted by Gasteiger charge is 2.38. The van der Waals surface area contributed by atoms with Gasteiger partial charge in [0.25, 0.3) is 21.8 Å². The number of hydrogen-bond donors (Lipinski definition) is 3. The van der Waals surface area contributed by atoms with Crippen LogP contribution in [0.4, 0.5) is 5.69 Å². The molecule has 1 saturated carbocycles. The van der Waals surface area contributed by atoms with Gasteiger partial charge in [0.2, 0.25) is 5.91 Å². The Morgan fingerprint density at radius 2 is 1.79 bits per heavy atom. The number of anilines is 1. The standard InChI is InChI=1S/C19H23N3O6S/c1-19(8-2-3-9-19)18(26)21-29(27,28)14-6-4-13(5-7-14)20-15-12-16(24)22(10-11-23)17(15)25/h4-7,12,20,23H,2-3,8-11H2,1H3,(H,21,26). The molecule has 1 heterocycles. The second-order valence-electron chi connectivity index (χ2n) is 7.43. The predicted molar refractivity (Wildman–Crippen MR) is 104 cm³/mol. The van der Waals surface area contributed by atoms with Gasteiger partial charge in [-0.3, -0.25) is 19.3 Å². The van der Waals surface area contributed by atoms with Gasteiger partial charge < -0.3 is 10.4 Å². The first-order chi connectivity index (χ1) is 13.7. The second-order valence-corrected chi connectivity index (χ2v) is 9.11. The molecule has 0 saturated heterocycles. The van der Waals surface area contributed by atoms with E-state index in [1.165, 1.54) is 24.3 Å². The lowest BCUT2D eigenvalue weighted by atomic mass is 9.88. The number of imide groups is 1. The molecule has 1 aliphatic carbocycles. The molecule has 1 aromatic rings. The largest absolute Gasteiger partial charge is 0.395 e. The Morgan fingerprint density at radius 1 is 1.17 bits per heavy atom. The summed E-state index contributed by atoms with van der Waals surface area (Å²) in [6.45, 7) is 1.33. The van der Waals surface area contributed by atoms with Crippen LogP contribution in [0.5, 0.6) is 0 Å². The van der Waals surface area contributed by atoms with Gasteiger partial charge in [-0.2, -0.15) is 0 Å². The second kappa shape index (κ2) is 7.96. The Labute approximate surface area is 168 Å². The van der Waals surface area contributed by atoms with Crippen LogP contribution in [0, 0.1) is 5.41 Å². The van der Waals surface area contributed by atoms with Gasteiger partial charge in [0, 0.05) is 17.2 Å². The number of nitrogens with one attached hydrogen (secondary N) is 2. The maximum absolute atomic E-state index is 12.5. The summed E-state index contributed by atoms with van der Waals surface area (Å²) >= 11 is 0. The molecule has 10 heteroatoms. The predicted octanol–water partition coefficient (Wildman–Crippen LogP) is 0.729. The highest BCUT2D eigenvalue weighted by atomic mass is 32.2.